The Kier molecular flexibility index (Phi) is 4.02. The van der Waals surface area contributed by atoms with Crippen LogP contribution in [0.15, 0.2) is 34.8 Å². The predicted molar refractivity (Wildman–Crippen MR) is 76.0 cm³/mol. The molecule has 4 heteroatoms. The largest absolute Gasteiger partial charge is 0.320 e. The second-order valence-electron chi connectivity index (χ2n) is 4.55. The molecule has 0 radical (unpaired) electrons. The van der Waals surface area contributed by atoms with Gasteiger partial charge in [0, 0.05) is 16.1 Å². The summed E-state index contributed by atoms with van der Waals surface area (Å²) in [6.45, 7) is 3.51. The SMILES string of the molecule is Cc1cc(C(N)c2cccc(Br)c2C)c(F)cc1F. The van der Waals surface area contributed by atoms with Gasteiger partial charge in [0.25, 0.3) is 0 Å². The van der Waals surface area contributed by atoms with Gasteiger partial charge in [0.2, 0.25) is 0 Å². The molecule has 100 valence electrons. The average molecular weight is 326 g/mol. The van der Waals surface area contributed by atoms with Gasteiger partial charge < -0.3 is 5.73 Å². The topological polar surface area (TPSA) is 26.0 Å². The maximum Gasteiger partial charge on any atom is 0.131 e. The summed E-state index contributed by atoms with van der Waals surface area (Å²) in [5.41, 5.74) is 8.59. The van der Waals surface area contributed by atoms with Crippen LogP contribution in [0, 0.1) is 25.5 Å². The van der Waals surface area contributed by atoms with Gasteiger partial charge in [-0.25, -0.2) is 8.78 Å². The summed E-state index contributed by atoms with van der Waals surface area (Å²) in [6, 6.07) is 7.34. The molecule has 0 amide bonds. The molecule has 0 aliphatic rings. The minimum absolute atomic E-state index is 0.306. The van der Waals surface area contributed by atoms with Crippen molar-refractivity contribution >= 4 is 15.9 Å². The van der Waals surface area contributed by atoms with Crippen LogP contribution in [-0.2, 0) is 0 Å². The highest BCUT2D eigenvalue weighted by Crippen LogP contribution is 2.29. The molecule has 2 aromatic rings. The van der Waals surface area contributed by atoms with E-state index in [1.807, 2.05) is 25.1 Å². The average Bonchev–Trinajstić information content (AvgIpc) is 2.36. The van der Waals surface area contributed by atoms with E-state index in [4.69, 9.17) is 5.73 Å². The van der Waals surface area contributed by atoms with Crippen LogP contribution < -0.4 is 5.73 Å². The second-order valence-corrected chi connectivity index (χ2v) is 5.41. The molecule has 0 heterocycles. The molecule has 0 bridgehead atoms. The molecule has 0 fully saturated rings. The summed E-state index contributed by atoms with van der Waals surface area (Å²) in [7, 11) is 0. The van der Waals surface area contributed by atoms with Gasteiger partial charge in [-0.15, -0.1) is 0 Å². The number of nitrogens with two attached hydrogens (primary N) is 1. The van der Waals surface area contributed by atoms with Gasteiger partial charge in [-0.05, 0) is 42.7 Å². The van der Waals surface area contributed by atoms with Crippen molar-refractivity contribution in [2.24, 2.45) is 5.73 Å². The number of aryl methyl sites for hydroxylation is 1. The van der Waals surface area contributed by atoms with Gasteiger partial charge in [-0.2, -0.15) is 0 Å². The van der Waals surface area contributed by atoms with Crippen molar-refractivity contribution in [2.75, 3.05) is 0 Å². The third kappa shape index (κ3) is 2.69. The molecule has 0 aliphatic heterocycles. The van der Waals surface area contributed by atoms with E-state index in [1.165, 1.54) is 6.07 Å². The molecule has 2 N–H and O–H groups in total. The maximum atomic E-state index is 13.9. The normalized spacial score (nSPS) is 12.5. The van der Waals surface area contributed by atoms with Gasteiger partial charge in [0.15, 0.2) is 0 Å². The van der Waals surface area contributed by atoms with Crippen LogP contribution in [0.2, 0.25) is 0 Å². The van der Waals surface area contributed by atoms with E-state index in [9.17, 15) is 8.78 Å². The number of hydrogen-bond acceptors (Lipinski definition) is 1. The highest BCUT2D eigenvalue weighted by atomic mass is 79.9. The quantitative estimate of drug-likeness (QED) is 0.870. The molecule has 2 aromatic carbocycles. The monoisotopic (exact) mass is 325 g/mol. The summed E-state index contributed by atoms with van der Waals surface area (Å²) in [4.78, 5) is 0. The summed E-state index contributed by atoms with van der Waals surface area (Å²) in [6.07, 6.45) is 0. The van der Waals surface area contributed by atoms with Crippen LogP contribution in [0.25, 0.3) is 0 Å². The molecule has 1 nitrogen and oxygen atoms in total. The van der Waals surface area contributed by atoms with E-state index in [0.29, 0.717) is 11.1 Å². The van der Waals surface area contributed by atoms with E-state index in [-0.39, 0.29) is 0 Å². The van der Waals surface area contributed by atoms with Gasteiger partial charge in [0.1, 0.15) is 11.6 Å². The van der Waals surface area contributed by atoms with Gasteiger partial charge >= 0.3 is 0 Å². The molecule has 0 aromatic heterocycles. The maximum absolute atomic E-state index is 13.9. The van der Waals surface area contributed by atoms with Crippen LogP contribution >= 0.6 is 15.9 Å². The Morgan fingerprint density at radius 3 is 2.42 bits per heavy atom. The molecule has 2 rings (SSSR count). The van der Waals surface area contributed by atoms with Crippen LogP contribution in [0.1, 0.15) is 28.3 Å². The Morgan fingerprint density at radius 2 is 1.74 bits per heavy atom. The smallest absolute Gasteiger partial charge is 0.131 e. The van der Waals surface area contributed by atoms with E-state index < -0.39 is 17.7 Å². The lowest BCUT2D eigenvalue weighted by Crippen LogP contribution is -2.15. The summed E-state index contributed by atoms with van der Waals surface area (Å²) < 4.78 is 28.1. The zero-order chi connectivity index (χ0) is 14.2. The van der Waals surface area contributed by atoms with Crippen LogP contribution in [0.5, 0.6) is 0 Å². The first-order chi connectivity index (χ1) is 8.91. The number of rotatable bonds is 2. The summed E-state index contributed by atoms with van der Waals surface area (Å²) in [5.74, 6) is -1.17. The Morgan fingerprint density at radius 1 is 1.05 bits per heavy atom. The third-order valence-electron chi connectivity index (χ3n) is 3.26. The Labute approximate surface area is 119 Å². The molecule has 0 saturated carbocycles. The predicted octanol–water partition coefficient (Wildman–Crippen LogP) is 4.39. The first kappa shape index (κ1) is 14.2. The van der Waals surface area contributed by atoms with Crippen molar-refractivity contribution in [2.45, 2.75) is 19.9 Å². The van der Waals surface area contributed by atoms with E-state index >= 15 is 0 Å². The molecular formula is C15H14BrF2N. The van der Waals surface area contributed by atoms with Crippen molar-refractivity contribution < 1.29 is 8.78 Å². The number of halogens is 3. The van der Waals surface area contributed by atoms with E-state index in [2.05, 4.69) is 15.9 Å². The third-order valence-corrected chi connectivity index (χ3v) is 4.12. The lowest BCUT2D eigenvalue weighted by Gasteiger charge is -2.17. The molecule has 1 atom stereocenters. The lowest BCUT2D eigenvalue weighted by atomic mass is 9.94. The molecule has 1 unspecified atom stereocenters. The Bertz CT molecular complexity index is 626. The second kappa shape index (κ2) is 5.39. The Balaban J connectivity index is 2.53. The van der Waals surface area contributed by atoms with Gasteiger partial charge in [-0.3, -0.25) is 0 Å². The molecule has 19 heavy (non-hydrogen) atoms. The lowest BCUT2D eigenvalue weighted by molar-refractivity contribution is 0.560. The summed E-state index contributed by atoms with van der Waals surface area (Å²) in [5, 5.41) is 0. The minimum Gasteiger partial charge on any atom is -0.320 e. The van der Waals surface area contributed by atoms with Crippen molar-refractivity contribution in [1.82, 2.24) is 0 Å². The zero-order valence-corrected chi connectivity index (χ0v) is 12.3. The van der Waals surface area contributed by atoms with Crippen molar-refractivity contribution in [3.63, 3.8) is 0 Å². The summed E-state index contributed by atoms with van der Waals surface area (Å²) >= 11 is 3.42. The Hall–Kier alpha value is -1.26. The van der Waals surface area contributed by atoms with Gasteiger partial charge in [0.05, 0.1) is 6.04 Å². The standard InChI is InChI=1S/C15H14BrF2N/c1-8-6-11(14(18)7-13(8)17)15(19)10-4-3-5-12(16)9(10)2/h3-7,15H,19H2,1-2H3. The van der Waals surface area contributed by atoms with Crippen molar-refractivity contribution in [3.05, 3.63) is 68.7 Å². The van der Waals surface area contributed by atoms with Crippen LogP contribution in [-0.4, -0.2) is 0 Å². The fourth-order valence-electron chi connectivity index (χ4n) is 2.05. The zero-order valence-electron chi connectivity index (χ0n) is 10.7. The number of benzene rings is 2. The molecule has 0 spiro atoms. The molecular weight excluding hydrogens is 312 g/mol. The minimum atomic E-state index is -0.616. The van der Waals surface area contributed by atoms with E-state index in [1.54, 1.807) is 6.92 Å². The van der Waals surface area contributed by atoms with Crippen molar-refractivity contribution in [1.29, 1.82) is 0 Å². The fourth-order valence-corrected chi connectivity index (χ4v) is 2.43. The first-order valence-corrected chi connectivity index (χ1v) is 6.67. The highest BCUT2D eigenvalue weighted by Gasteiger charge is 2.18. The number of hydrogen-bond donors (Lipinski definition) is 1. The molecule has 0 aliphatic carbocycles. The fraction of sp³-hybridized carbons (Fsp3) is 0.200. The van der Waals surface area contributed by atoms with Crippen molar-refractivity contribution in [3.8, 4) is 0 Å². The first-order valence-electron chi connectivity index (χ1n) is 5.88. The van der Waals surface area contributed by atoms with E-state index in [0.717, 1.165) is 21.7 Å². The van der Waals surface area contributed by atoms with Crippen LogP contribution in [0.3, 0.4) is 0 Å². The highest BCUT2D eigenvalue weighted by molar-refractivity contribution is 9.10. The van der Waals surface area contributed by atoms with Gasteiger partial charge in [-0.1, -0.05) is 28.1 Å². The molecule has 0 saturated heterocycles. The van der Waals surface area contributed by atoms with Crippen LogP contribution in [0.4, 0.5) is 8.78 Å².